The smallest absolute Gasteiger partial charge is 0.270 e. The predicted octanol–water partition coefficient (Wildman–Crippen LogP) is 3.59. The van der Waals surface area contributed by atoms with Crippen molar-refractivity contribution in [2.45, 2.75) is 21.9 Å². The summed E-state index contributed by atoms with van der Waals surface area (Å²) in [5.41, 5.74) is 0.510. The van der Waals surface area contributed by atoms with Crippen LogP contribution in [0.5, 0.6) is 0 Å². The number of nitro groups is 1. The average molecular weight is 404 g/mol. The van der Waals surface area contributed by atoms with Gasteiger partial charge in [0.15, 0.2) is 5.16 Å². The molecule has 0 saturated heterocycles. The number of anilines is 1. The first-order valence-corrected chi connectivity index (χ1v) is 10.1. The van der Waals surface area contributed by atoms with Gasteiger partial charge in [-0.1, -0.05) is 18.2 Å². The molecule has 27 heavy (non-hydrogen) atoms. The molecule has 3 aromatic rings. The van der Waals surface area contributed by atoms with E-state index in [9.17, 15) is 18.5 Å². The Morgan fingerprint density at radius 3 is 2.63 bits per heavy atom. The number of hydrogen-bond donors (Lipinski definition) is 1. The molecule has 2 aromatic carbocycles. The summed E-state index contributed by atoms with van der Waals surface area (Å²) in [5, 5.41) is 11.7. The van der Waals surface area contributed by atoms with Crippen molar-refractivity contribution < 1.29 is 13.3 Å². The lowest BCUT2D eigenvalue weighted by molar-refractivity contribution is -0.385. The van der Waals surface area contributed by atoms with Gasteiger partial charge in [-0.2, -0.15) is 0 Å². The molecular weight excluding hydrogens is 388 g/mol. The van der Waals surface area contributed by atoms with Crippen LogP contribution in [0.1, 0.15) is 5.56 Å². The summed E-state index contributed by atoms with van der Waals surface area (Å²) in [6, 6.07) is 10.7. The molecule has 0 aliphatic carbocycles. The molecule has 140 valence electrons. The van der Waals surface area contributed by atoms with E-state index in [1.54, 1.807) is 43.6 Å². The Hall–Kier alpha value is -2.85. The van der Waals surface area contributed by atoms with Crippen LogP contribution in [0, 0.1) is 17.0 Å². The monoisotopic (exact) mass is 404 g/mol. The highest BCUT2D eigenvalue weighted by atomic mass is 32.2. The van der Waals surface area contributed by atoms with Crippen LogP contribution in [0.3, 0.4) is 0 Å². The predicted molar refractivity (Wildman–Crippen MR) is 102 cm³/mol. The van der Waals surface area contributed by atoms with Crippen LogP contribution in [0.25, 0.3) is 0 Å². The molecule has 0 fully saturated rings. The third kappa shape index (κ3) is 4.12. The first-order chi connectivity index (χ1) is 12.8. The van der Waals surface area contributed by atoms with E-state index in [4.69, 9.17) is 0 Å². The van der Waals surface area contributed by atoms with Crippen LogP contribution >= 0.6 is 11.8 Å². The van der Waals surface area contributed by atoms with E-state index in [0.717, 1.165) is 6.07 Å². The lowest BCUT2D eigenvalue weighted by Gasteiger charge is -2.13. The standard InChI is InChI=1S/C17H16N4O4S2/c1-12-7-8-13(21(22)23)11-16(12)27(24,25)19-14-5-3-4-6-15(14)26-17-18-9-10-20(17)2/h3-11,19H,1-2H3. The molecule has 0 atom stereocenters. The number of para-hydroxylation sites is 1. The molecule has 3 rings (SSSR count). The van der Waals surface area contributed by atoms with Gasteiger partial charge in [0.05, 0.1) is 15.5 Å². The molecule has 10 heteroatoms. The Balaban J connectivity index is 1.97. The van der Waals surface area contributed by atoms with Crippen LogP contribution in [0.2, 0.25) is 0 Å². The summed E-state index contributed by atoms with van der Waals surface area (Å²) >= 11 is 1.31. The zero-order valence-electron chi connectivity index (χ0n) is 14.5. The summed E-state index contributed by atoms with van der Waals surface area (Å²) < 4.78 is 30.1. The van der Waals surface area contributed by atoms with Gasteiger partial charge in [-0.15, -0.1) is 0 Å². The molecule has 8 nitrogen and oxygen atoms in total. The zero-order chi connectivity index (χ0) is 19.6. The lowest BCUT2D eigenvalue weighted by Crippen LogP contribution is -2.15. The topological polar surface area (TPSA) is 107 Å². The maximum atomic E-state index is 12.9. The Labute approximate surface area is 160 Å². The lowest BCUT2D eigenvalue weighted by atomic mass is 10.2. The maximum absolute atomic E-state index is 12.9. The van der Waals surface area contributed by atoms with Crippen molar-refractivity contribution >= 4 is 33.2 Å². The number of aromatic nitrogens is 2. The largest absolute Gasteiger partial charge is 0.329 e. The van der Waals surface area contributed by atoms with Crippen molar-refractivity contribution in [1.82, 2.24) is 9.55 Å². The molecule has 0 spiro atoms. The molecule has 0 radical (unpaired) electrons. The number of sulfonamides is 1. The molecule has 0 amide bonds. The third-order valence-electron chi connectivity index (χ3n) is 3.78. The fraction of sp³-hybridized carbons (Fsp3) is 0.118. The van der Waals surface area contributed by atoms with Crippen LogP contribution < -0.4 is 4.72 Å². The van der Waals surface area contributed by atoms with Gasteiger partial charge in [-0.05, 0) is 36.4 Å². The summed E-state index contributed by atoms with van der Waals surface area (Å²) in [4.78, 5) is 15.1. The number of aryl methyl sites for hydroxylation is 2. The van der Waals surface area contributed by atoms with Gasteiger partial charge in [0.1, 0.15) is 0 Å². The van der Waals surface area contributed by atoms with E-state index >= 15 is 0 Å². The Morgan fingerprint density at radius 2 is 1.96 bits per heavy atom. The van der Waals surface area contributed by atoms with Crippen LogP contribution in [0.4, 0.5) is 11.4 Å². The first-order valence-electron chi connectivity index (χ1n) is 7.80. The van der Waals surface area contributed by atoms with Gasteiger partial charge in [0, 0.05) is 36.5 Å². The van der Waals surface area contributed by atoms with Crippen LogP contribution in [-0.2, 0) is 17.1 Å². The van der Waals surface area contributed by atoms with E-state index in [1.807, 2.05) is 11.6 Å². The number of non-ortho nitro benzene ring substituents is 1. The van der Waals surface area contributed by atoms with Crippen molar-refractivity contribution in [3.63, 3.8) is 0 Å². The summed E-state index contributed by atoms with van der Waals surface area (Å²) in [5.74, 6) is 0. The SMILES string of the molecule is Cc1ccc([N+](=O)[O-])cc1S(=O)(=O)Nc1ccccc1Sc1nccn1C. The maximum Gasteiger partial charge on any atom is 0.270 e. The van der Waals surface area contributed by atoms with E-state index in [-0.39, 0.29) is 10.6 Å². The number of benzene rings is 2. The van der Waals surface area contributed by atoms with Gasteiger partial charge >= 0.3 is 0 Å². The minimum absolute atomic E-state index is 0.131. The molecule has 1 heterocycles. The van der Waals surface area contributed by atoms with Gasteiger partial charge < -0.3 is 4.57 Å². The van der Waals surface area contributed by atoms with E-state index in [0.29, 0.717) is 21.3 Å². The number of nitrogens with zero attached hydrogens (tertiary/aromatic N) is 3. The van der Waals surface area contributed by atoms with Crippen molar-refractivity contribution in [3.05, 3.63) is 70.5 Å². The van der Waals surface area contributed by atoms with Crippen molar-refractivity contribution in [3.8, 4) is 0 Å². The molecule has 0 aliphatic heterocycles. The van der Waals surface area contributed by atoms with E-state index in [2.05, 4.69) is 9.71 Å². The van der Waals surface area contributed by atoms with Crippen LogP contribution in [-0.4, -0.2) is 22.9 Å². The summed E-state index contributed by atoms with van der Waals surface area (Å²) in [6.45, 7) is 1.59. The van der Waals surface area contributed by atoms with Gasteiger partial charge in [-0.25, -0.2) is 13.4 Å². The number of hydrogen-bond acceptors (Lipinski definition) is 6. The highest BCUT2D eigenvalue weighted by Crippen LogP contribution is 2.34. The number of nitro benzene ring substituents is 1. The van der Waals surface area contributed by atoms with Gasteiger partial charge in [-0.3, -0.25) is 14.8 Å². The van der Waals surface area contributed by atoms with Crippen molar-refractivity contribution in [2.24, 2.45) is 7.05 Å². The second-order valence-corrected chi connectivity index (χ2v) is 8.39. The molecule has 0 aliphatic rings. The Kier molecular flexibility index (Phi) is 5.19. The third-order valence-corrected chi connectivity index (χ3v) is 6.44. The minimum atomic E-state index is -4.01. The second kappa shape index (κ2) is 7.41. The normalized spacial score (nSPS) is 11.3. The molecular formula is C17H16N4O4S2. The highest BCUT2D eigenvalue weighted by Gasteiger charge is 2.22. The van der Waals surface area contributed by atoms with Crippen molar-refractivity contribution in [2.75, 3.05) is 4.72 Å². The summed E-state index contributed by atoms with van der Waals surface area (Å²) in [7, 11) is -2.16. The number of nitrogens with one attached hydrogen (secondary N) is 1. The molecule has 0 saturated carbocycles. The fourth-order valence-electron chi connectivity index (χ4n) is 2.38. The molecule has 1 aromatic heterocycles. The zero-order valence-corrected chi connectivity index (χ0v) is 16.1. The summed E-state index contributed by atoms with van der Waals surface area (Å²) in [6.07, 6.45) is 3.45. The number of imidazole rings is 1. The molecule has 0 unspecified atom stereocenters. The van der Waals surface area contributed by atoms with Crippen molar-refractivity contribution in [1.29, 1.82) is 0 Å². The molecule has 0 bridgehead atoms. The van der Waals surface area contributed by atoms with Gasteiger partial charge in [0.25, 0.3) is 15.7 Å². The molecule has 1 N–H and O–H groups in total. The first kappa shape index (κ1) is 18.9. The highest BCUT2D eigenvalue weighted by molar-refractivity contribution is 7.99. The second-order valence-electron chi connectivity index (χ2n) is 5.73. The van der Waals surface area contributed by atoms with Crippen LogP contribution in [0.15, 0.2) is 69.8 Å². The Bertz CT molecular complexity index is 1110. The van der Waals surface area contributed by atoms with E-state index < -0.39 is 14.9 Å². The Morgan fingerprint density at radius 1 is 1.22 bits per heavy atom. The fourth-order valence-corrected chi connectivity index (χ4v) is 4.68. The number of rotatable bonds is 6. The quantitative estimate of drug-likeness (QED) is 0.497. The minimum Gasteiger partial charge on any atom is -0.329 e. The average Bonchev–Trinajstić information content (AvgIpc) is 3.01. The van der Waals surface area contributed by atoms with Gasteiger partial charge in [0.2, 0.25) is 0 Å². The van der Waals surface area contributed by atoms with E-state index in [1.165, 1.54) is 23.9 Å².